The van der Waals surface area contributed by atoms with Crippen LogP contribution < -0.4 is 4.74 Å². The molecule has 1 aliphatic rings. The minimum atomic E-state index is 0.786. The number of ether oxygens (including phenoxy) is 1. The molecular formula is C21H22BrNO. The highest BCUT2D eigenvalue weighted by Gasteiger charge is 2.17. The molecule has 0 N–H and O–H groups in total. The molecule has 0 radical (unpaired) electrons. The number of hydrogen-bond donors (Lipinski definition) is 0. The van der Waals surface area contributed by atoms with Gasteiger partial charge >= 0.3 is 0 Å². The van der Waals surface area contributed by atoms with E-state index >= 15 is 0 Å². The number of unbranched alkanes of at least 4 members (excludes halogenated alkanes) is 1. The molecule has 0 bridgehead atoms. The Bertz CT molecular complexity index is 750. The summed E-state index contributed by atoms with van der Waals surface area (Å²) >= 11 is 3.71. The number of fused-ring (bicyclic) bond motifs is 1. The van der Waals surface area contributed by atoms with Crippen molar-refractivity contribution >= 4 is 27.7 Å². The number of aliphatic imine (C=N–C) groups is 1. The van der Waals surface area contributed by atoms with Crippen molar-refractivity contribution in [1.82, 2.24) is 0 Å². The summed E-state index contributed by atoms with van der Waals surface area (Å²) in [5.74, 6) is 0.964. The first-order valence-corrected chi connectivity index (χ1v) is 9.30. The predicted octanol–water partition coefficient (Wildman–Crippen LogP) is 5.65. The molecular weight excluding hydrogens is 362 g/mol. The van der Waals surface area contributed by atoms with Crippen LogP contribution in [0.1, 0.15) is 36.5 Å². The Kier molecular flexibility index (Phi) is 5.86. The summed E-state index contributed by atoms with van der Waals surface area (Å²) in [6, 6.07) is 16.7. The van der Waals surface area contributed by atoms with E-state index in [2.05, 4.69) is 59.3 Å². The fraction of sp³-hybridized carbons (Fsp3) is 0.286. The first kappa shape index (κ1) is 17.0. The first-order chi connectivity index (χ1) is 11.8. The van der Waals surface area contributed by atoms with E-state index < -0.39 is 0 Å². The lowest BCUT2D eigenvalue weighted by atomic mass is 9.96. The lowest BCUT2D eigenvalue weighted by Gasteiger charge is -2.18. The second-order valence-electron chi connectivity index (χ2n) is 5.90. The van der Waals surface area contributed by atoms with Gasteiger partial charge in [0, 0.05) is 16.6 Å². The molecule has 0 fully saturated rings. The van der Waals surface area contributed by atoms with Crippen LogP contribution in [0, 0.1) is 0 Å². The van der Waals surface area contributed by atoms with Crippen LogP contribution in [0.15, 0.2) is 58.0 Å². The smallest absolute Gasteiger partial charge is 0.119 e. The highest BCUT2D eigenvalue weighted by atomic mass is 79.9. The Balaban J connectivity index is 1.83. The Morgan fingerprint density at radius 1 is 1.21 bits per heavy atom. The summed E-state index contributed by atoms with van der Waals surface area (Å²) in [5.41, 5.74) is 4.70. The molecule has 0 amide bonds. The largest absolute Gasteiger partial charge is 0.494 e. The molecule has 2 aromatic rings. The summed E-state index contributed by atoms with van der Waals surface area (Å²) in [4.78, 5) is 4.73. The van der Waals surface area contributed by atoms with Gasteiger partial charge in [-0.05, 0) is 64.2 Å². The average molecular weight is 384 g/mol. The topological polar surface area (TPSA) is 21.6 Å². The molecule has 3 rings (SSSR count). The van der Waals surface area contributed by atoms with Crippen LogP contribution in [0.4, 0.5) is 0 Å². The Morgan fingerprint density at radius 2 is 2.04 bits per heavy atom. The van der Waals surface area contributed by atoms with Crippen molar-refractivity contribution in [2.24, 2.45) is 4.99 Å². The second kappa shape index (κ2) is 8.29. The zero-order chi connectivity index (χ0) is 16.8. The van der Waals surface area contributed by atoms with Crippen LogP contribution in [-0.4, -0.2) is 18.9 Å². The Hall–Kier alpha value is -1.87. The molecule has 24 heavy (non-hydrogen) atoms. The number of rotatable bonds is 6. The minimum Gasteiger partial charge on any atom is -0.494 e. The average Bonchev–Trinajstić information content (AvgIpc) is 2.62. The normalized spacial score (nSPS) is 14.1. The first-order valence-electron chi connectivity index (χ1n) is 8.51. The zero-order valence-corrected chi connectivity index (χ0v) is 15.6. The molecule has 0 atom stereocenters. The van der Waals surface area contributed by atoms with E-state index in [9.17, 15) is 0 Å². The van der Waals surface area contributed by atoms with Gasteiger partial charge in [0.15, 0.2) is 0 Å². The number of allylic oxidation sites excluding steroid dienone is 1. The van der Waals surface area contributed by atoms with Crippen molar-refractivity contribution in [3.8, 4) is 5.75 Å². The zero-order valence-electron chi connectivity index (χ0n) is 14.0. The van der Waals surface area contributed by atoms with E-state index in [1.807, 2.05) is 18.2 Å². The van der Waals surface area contributed by atoms with E-state index in [1.54, 1.807) is 0 Å². The van der Waals surface area contributed by atoms with Gasteiger partial charge in [0.25, 0.3) is 0 Å². The fourth-order valence-electron chi connectivity index (χ4n) is 2.77. The third-order valence-electron chi connectivity index (χ3n) is 4.07. The van der Waals surface area contributed by atoms with Crippen molar-refractivity contribution in [2.45, 2.75) is 26.2 Å². The molecule has 1 heterocycles. The van der Waals surface area contributed by atoms with E-state index in [-0.39, 0.29) is 0 Å². The van der Waals surface area contributed by atoms with Gasteiger partial charge in [0.2, 0.25) is 0 Å². The van der Waals surface area contributed by atoms with Crippen LogP contribution in [0.5, 0.6) is 5.75 Å². The lowest BCUT2D eigenvalue weighted by molar-refractivity contribution is 0.309. The molecule has 0 aliphatic carbocycles. The molecule has 1 aliphatic heterocycles. The molecule has 0 unspecified atom stereocenters. The summed E-state index contributed by atoms with van der Waals surface area (Å²) < 4.78 is 6.86. The highest BCUT2D eigenvalue weighted by Crippen LogP contribution is 2.27. The van der Waals surface area contributed by atoms with Crippen LogP contribution in [0.25, 0.3) is 6.08 Å². The molecule has 3 heteroatoms. The van der Waals surface area contributed by atoms with E-state index in [1.165, 1.54) is 16.7 Å². The van der Waals surface area contributed by atoms with Crippen LogP contribution >= 0.6 is 15.9 Å². The standard InChI is InChI=1S/C21H22BrNO/c1-2-3-13-24-18-9-10-19-17(15-18)11-12-23-21(19)20(22)14-16-7-5-4-6-8-16/h4-10,14-15H,2-3,11-13H2,1H3. The predicted molar refractivity (Wildman–Crippen MR) is 105 cm³/mol. The van der Waals surface area contributed by atoms with Crippen molar-refractivity contribution in [3.63, 3.8) is 0 Å². The van der Waals surface area contributed by atoms with Gasteiger partial charge in [0.05, 0.1) is 12.3 Å². The van der Waals surface area contributed by atoms with Crippen LogP contribution in [0.2, 0.25) is 0 Å². The summed E-state index contributed by atoms with van der Waals surface area (Å²) in [5, 5.41) is 0. The van der Waals surface area contributed by atoms with Gasteiger partial charge in [-0.15, -0.1) is 0 Å². The summed E-state index contributed by atoms with van der Waals surface area (Å²) in [6.45, 7) is 3.78. The van der Waals surface area contributed by atoms with Crippen molar-refractivity contribution in [3.05, 3.63) is 69.7 Å². The van der Waals surface area contributed by atoms with Crippen LogP contribution in [0.3, 0.4) is 0 Å². The van der Waals surface area contributed by atoms with Gasteiger partial charge in [-0.25, -0.2) is 0 Å². The van der Waals surface area contributed by atoms with E-state index in [4.69, 9.17) is 9.73 Å². The highest BCUT2D eigenvalue weighted by molar-refractivity contribution is 9.12. The van der Waals surface area contributed by atoms with Gasteiger partial charge in [-0.1, -0.05) is 43.7 Å². The van der Waals surface area contributed by atoms with Gasteiger partial charge in [-0.3, -0.25) is 4.99 Å². The maximum Gasteiger partial charge on any atom is 0.119 e. The van der Waals surface area contributed by atoms with Crippen molar-refractivity contribution in [1.29, 1.82) is 0 Å². The maximum absolute atomic E-state index is 5.84. The Labute approximate surface area is 152 Å². The number of benzene rings is 2. The Morgan fingerprint density at radius 3 is 2.83 bits per heavy atom. The molecule has 2 nitrogen and oxygen atoms in total. The summed E-state index contributed by atoms with van der Waals surface area (Å²) in [6.07, 6.45) is 5.34. The SMILES string of the molecule is CCCCOc1ccc2c(c1)CCN=C2C(Br)=Cc1ccccc1. The van der Waals surface area contributed by atoms with Crippen LogP contribution in [-0.2, 0) is 6.42 Å². The second-order valence-corrected chi connectivity index (χ2v) is 6.76. The van der Waals surface area contributed by atoms with E-state index in [0.717, 1.165) is 48.4 Å². The molecule has 124 valence electrons. The maximum atomic E-state index is 5.84. The lowest BCUT2D eigenvalue weighted by Crippen LogP contribution is -2.13. The molecule has 0 saturated carbocycles. The minimum absolute atomic E-state index is 0.786. The van der Waals surface area contributed by atoms with Gasteiger partial charge < -0.3 is 4.74 Å². The molecule has 2 aromatic carbocycles. The quantitative estimate of drug-likeness (QED) is 0.590. The van der Waals surface area contributed by atoms with Crippen molar-refractivity contribution in [2.75, 3.05) is 13.2 Å². The third kappa shape index (κ3) is 4.15. The fourth-order valence-corrected chi connectivity index (χ4v) is 3.38. The van der Waals surface area contributed by atoms with Crippen molar-refractivity contribution < 1.29 is 4.74 Å². The monoisotopic (exact) mass is 383 g/mol. The molecule has 0 saturated heterocycles. The summed E-state index contributed by atoms with van der Waals surface area (Å²) in [7, 11) is 0. The molecule has 0 aromatic heterocycles. The number of hydrogen-bond acceptors (Lipinski definition) is 2. The molecule has 0 spiro atoms. The van der Waals surface area contributed by atoms with E-state index in [0.29, 0.717) is 0 Å². The third-order valence-corrected chi connectivity index (χ3v) is 4.67. The van der Waals surface area contributed by atoms with Gasteiger partial charge in [0.1, 0.15) is 5.75 Å². The number of halogens is 1. The van der Waals surface area contributed by atoms with Gasteiger partial charge in [-0.2, -0.15) is 0 Å². The number of nitrogens with zero attached hydrogens (tertiary/aromatic N) is 1.